The molecule has 0 unspecified atom stereocenters. The van der Waals surface area contributed by atoms with Crippen molar-refractivity contribution in [3.8, 4) is 0 Å². The van der Waals surface area contributed by atoms with Gasteiger partial charge in [0, 0.05) is 26.2 Å². The predicted molar refractivity (Wildman–Crippen MR) is 96.8 cm³/mol. The first-order valence-electron chi connectivity index (χ1n) is 8.79. The van der Waals surface area contributed by atoms with Gasteiger partial charge in [-0.05, 0) is 30.5 Å². The Morgan fingerprint density at radius 1 is 1.04 bits per heavy atom. The molecule has 0 aromatic heterocycles. The van der Waals surface area contributed by atoms with Gasteiger partial charge in [0.1, 0.15) is 0 Å². The summed E-state index contributed by atoms with van der Waals surface area (Å²) in [6.45, 7) is 4.51. The molecule has 1 aromatic carbocycles. The van der Waals surface area contributed by atoms with Crippen molar-refractivity contribution in [2.45, 2.75) is 30.7 Å². The summed E-state index contributed by atoms with van der Waals surface area (Å²) < 4.78 is 32.1. The monoisotopic (exact) mass is 366 g/mol. The summed E-state index contributed by atoms with van der Waals surface area (Å²) in [4.78, 5) is 6.75. The van der Waals surface area contributed by atoms with E-state index in [1.165, 1.54) is 0 Å². The molecule has 2 fully saturated rings. The molecule has 0 spiro atoms. The van der Waals surface area contributed by atoms with E-state index >= 15 is 0 Å². The van der Waals surface area contributed by atoms with E-state index < -0.39 is 10.0 Å². The molecule has 3 rings (SSSR count). The van der Waals surface area contributed by atoms with Gasteiger partial charge in [-0.2, -0.15) is 4.31 Å². The van der Waals surface area contributed by atoms with Crippen LogP contribution < -0.4 is 5.73 Å². The largest absolute Gasteiger partial charge is 0.378 e. The van der Waals surface area contributed by atoms with Gasteiger partial charge in [0.15, 0.2) is 5.96 Å². The zero-order chi connectivity index (χ0) is 17.7. The lowest BCUT2D eigenvalue weighted by Crippen LogP contribution is -2.44. The molecule has 2 N–H and O–H groups in total. The second kappa shape index (κ2) is 8.16. The van der Waals surface area contributed by atoms with Crippen molar-refractivity contribution in [2.75, 3.05) is 39.4 Å². The molecule has 0 bridgehead atoms. The van der Waals surface area contributed by atoms with Crippen molar-refractivity contribution < 1.29 is 13.2 Å². The zero-order valence-corrected chi connectivity index (χ0v) is 15.2. The maximum Gasteiger partial charge on any atom is 0.243 e. The third-order valence-corrected chi connectivity index (χ3v) is 6.55. The molecule has 25 heavy (non-hydrogen) atoms. The van der Waals surface area contributed by atoms with Crippen molar-refractivity contribution in [2.24, 2.45) is 10.7 Å². The van der Waals surface area contributed by atoms with Crippen LogP contribution in [0.15, 0.2) is 34.2 Å². The van der Waals surface area contributed by atoms with E-state index in [2.05, 4.69) is 4.99 Å². The molecule has 0 aliphatic carbocycles. The highest BCUT2D eigenvalue weighted by Gasteiger charge is 2.25. The number of morpholine rings is 1. The first-order valence-corrected chi connectivity index (χ1v) is 10.2. The number of piperidine rings is 1. The van der Waals surface area contributed by atoms with Crippen LogP contribution in [0, 0.1) is 0 Å². The highest BCUT2D eigenvalue weighted by Crippen LogP contribution is 2.21. The Morgan fingerprint density at radius 3 is 2.32 bits per heavy atom. The third-order valence-electron chi connectivity index (χ3n) is 4.63. The highest BCUT2D eigenvalue weighted by atomic mass is 32.2. The normalized spacial score (nSPS) is 20.6. The van der Waals surface area contributed by atoms with Gasteiger partial charge in [-0.15, -0.1) is 0 Å². The fourth-order valence-electron chi connectivity index (χ4n) is 3.09. The Hall–Kier alpha value is -1.64. The van der Waals surface area contributed by atoms with Gasteiger partial charge in [-0.1, -0.05) is 18.6 Å². The van der Waals surface area contributed by atoms with Crippen LogP contribution in [0.5, 0.6) is 0 Å². The second-order valence-corrected chi connectivity index (χ2v) is 8.32. The Morgan fingerprint density at radius 2 is 1.68 bits per heavy atom. The number of hydrogen-bond acceptors (Lipinski definition) is 4. The van der Waals surface area contributed by atoms with Crippen LogP contribution in [0.4, 0.5) is 0 Å². The van der Waals surface area contributed by atoms with Crippen LogP contribution in [0.25, 0.3) is 0 Å². The van der Waals surface area contributed by atoms with E-state index in [1.54, 1.807) is 16.4 Å². The van der Waals surface area contributed by atoms with Gasteiger partial charge in [-0.3, -0.25) is 0 Å². The van der Waals surface area contributed by atoms with Crippen LogP contribution in [0.2, 0.25) is 0 Å². The molecule has 0 atom stereocenters. The van der Waals surface area contributed by atoms with Crippen LogP contribution >= 0.6 is 0 Å². The summed E-state index contributed by atoms with van der Waals surface area (Å²) in [5.41, 5.74) is 6.95. The van der Waals surface area contributed by atoms with Crippen LogP contribution in [-0.4, -0.2) is 63.0 Å². The van der Waals surface area contributed by atoms with Crippen LogP contribution in [0.1, 0.15) is 24.8 Å². The maximum absolute atomic E-state index is 12.6. The second-order valence-electron chi connectivity index (χ2n) is 6.38. The third kappa shape index (κ3) is 4.50. The van der Waals surface area contributed by atoms with E-state index in [1.807, 2.05) is 17.0 Å². The number of nitrogens with two attached hydrogens (primary N) is 1. The van der Waals surface area contributed by atoms with Crippen LogP contribution in [-0.2, 0) is 21.3 Å². The molecule has 2 aliphatic rings. The molecule has 0 saturated carbocycles. The quantitative estimate of drug-likeness (QED) is 0.635. The van der Waals surface area contributed by atoms with Crippen molar-refractivity contribution >= 4 is 16.0 Å². The summed E-state index contributed by atoms with van der Waals surface area (Å²) in [5, 5.41) is 0. The number of ether oxygens (including phenoxy) is 1. The summed E-state index contributed by atoms with van der Waals surface area (Å²) in [5.74, 6) is 0.508. The average Bonchev–Trinajstić information content (AvgIpc) is 2.68. The maximum atomic E-state index is 12.6. The van der Waals surface area contributed by atoms with Crippen LogP contribution in [0.3, 0.4) is 0 Å². The molecule has 0 radical (unpaired) electrons. The van der Waals surface area contributed by atoms with Crippen molar-refractivity contribution in [3.63, 3.8) is 0 Å². The van der Waals surface area contributed by atoms with Gasteiger partial charge in [0.25, 0.3) is 0 Å². The molecule has 2 heterocycles. The molecular weight excluding hydrogens is 340 g/mol. The average molecular weight is 366 g/mol. The van der Waals surface area contributed by atoms with Gasteiger partial charge in [0.2, 0.25) is 10.0 Å². The minimum absolute atomic E-state index is 0.350. The summed E-state index contributed by atoms with van der Waals surface area (Å²) >= 11 is 0. The first-order chi connectivity index (χ1) is 12.1. The van der Waals surface area contributed by atoms with Crippen molar-refractivity contribution in [1.82, 2.24) is 9.21 Å². The van der Waals surface area contributed by atoms with Gasteiger partial charge < -0.3 is 15.4 Å². The number of guanidine groups is 1. The molecule has 2 aliphatic heterocycles. The highest BCUT2D eigenvalue weighted by molar-refractivity contribution is 7.89. The van der Waals surface area contributed by atoms with E-state index in [0.717, 1.165) is 37.9 Å². The molecule has 7 nitrogen and oxygen atoms in total. The van der Waals surface area contributed by atoms with Gasteiger partial charge >= 0.3 is 0 Å². The van der Waals surface area contributed by atoms with E-state index in [0.29, 0.717) is 43.7 Å². The summed E-state index contributed by atoms with van der Waals surface area (Å²) in [7, 11) is -3.38. The van der Waals surface area contributed by atoms with Crippen molar-refractivity contribution in [1.29, 1.82) is 0 Å². The minimum Gasteiger partial charge on any atom is -0.378 e. The Balaban J connectivity index is 1.63. The lowest BCUT2D eigenvalue weighted by molar-refractivity contribution is 0.0674. The molecule has 8 heteroatoms. The Labute approximate surface area is 149 Å². The number of hydrogen-bond donors (Lipinski definition) is 1. The van der Waals surface area contributed by atoms with Crippen molar-refractivity contribution in [3.05, 3.63) is 29.8 Å². The molecular formula is C17H26N4O3S. The number of benzene rings is 1. The summed E-state index contributed by atoms with van der Waals surface area (Å²) in [6, 6.07) is 6.96. The lowest BCUT2D eigenvalue weighted by atomic mass is 10.2. The Kier molecular flexibility index (Phi) is 5.93. The van der Waals surface area contributed by atoms with E-state index in [9.17, 15) is 8.42 Å². The van der Waals surface area contributed by atoms with Gasteiger partial charge in [0.05, 0.1) is 24.7 Å². The number of sulfonamides is 1. The topological polar surface area (TPSA) is 88.2 Å². The SMILES string of the molecule is NC(=NCc1ccc(S(=O)(=O)N2CCCCC2)cc1)N1CCOCC1. The fraction of sp³-hybridized carbons (Fsp3) is 0.588. The fourth-order valence-corrected chi connectivity index (χ4v) is 4.60. The van der Waals surface area contributed by atoms with Gasteiger partial charge in [-0.25, -0.2) is 13.4 Å². The standard InChI is InChI=1S/C17H26N4O3S/c18-17(20-10-12-24-13-11-20)19-14-15-4-6-16(7-5-15)25(22,23)21-8-2-1-3-9-21/h4-7H,1-3,8-14H2,(H2,18,19). The zero-order valence-electron chi connectivity index (χ0n) is 14.4. The van der Waals surface area contributed by atoms with E-state index in [4.69, 9.17) is 10.5 Å². The lowest BCUT2D eigenvalue weighted by Gasteiger charge is -2.27. The number of rotatable bonds is 4. The van der Waals surface area contributed by atoms with E-state index in [-0.39, 0.29) is 0 Å². The minimum atomic E-state index is -3.38. The molecule has 1 aromatic rings. The molecule has 0 amide bonds. The number of nitrogens with zero attached hydrogens (tertiary/aromatic N) is 3. The smallest absolute Gasteiger partial charge is 0.243 e. The Bertz CT molecular complexity index is 691. The molecule has 2 saturated heterocycles. The first kappa shape index (κ1) is 18.2. The summed E-state index contributed by atoms with van der Waals surface area (Å²) in [6.07, 6.45) is 2.98. The molecule has 138 valence electrons. The predicted octanol–water partition coefficient (Wildman–Crippen LogP) is 1.01. The number of aliphatic imine (C=N–C) groups is 1.